The molecule has 0 atom stereocenters. The molecule has 10 heteroatoms. The number of nitrogens with zero attached hydrogens (tertiary/aromatic N) is 5. The Morgan fingerprint density at radius 3 is 2.58 bits per heavy atom. The zero-order chi connectivity index (χ0) is 18.7. The lowest BCUT2D eigenvalue weighted by atomic mass is 10.3. The fourth-order valence-corrected chi connectivity index (χ4v) is 3.79. The van der Waals surface area contributed by atoms with Gasteiger partial charge in [0, 0.05) is 31.5 Å². The third kappa shape index (κ3) is 4.19. The number of imidazole rings is 1. The molecule has 1 fully saturated rings. The minimum Gasteiger partial charge on any atom is -0.378 e. The average Bonchev–Trinajstić information content (AvgIpc) is 3.02. The van der Waals surface area contributed by atoms with E-state index in [0.717, 1.165) is 18.8 Å². The molecule has 26 heavy (non-hydrogen) atoms. The Balaban J connectivity index is 1.75. The molecule has 9 nitrogen and oxygen atoms in total. The van der Waals surface area contributed by atoms with Gasteiger partial charge >= 0.3 is 0 Å². The SMILES string of the molecule is CCn1cc(S(=O)(=O)NCc2cc(C)nc(N3CCOCC3)n2)nc1C. The Labute approximate surface area is 153 Å². The Kier molecular flexibility index (Phi) is 5.54. The molecule has 0 saturated carbocycles. The second-order valence-electron chi connectivity index (χ2n) is 6.14. The van der Waals surface area contributed by atoms with Crippen LogP contribution in [0.5, 0.6) is 0 Å². The van der Waals surface area contributed by atoms with Crippen molar-refractivity contribution in [3.63, 3.8) is 0 Å². The van der Waals surface area contributed by atoms with E-state index in [4.69, 9.17) is 4.74 Å². The first-order valence-electron chi connectivity index (χ1n) is 8.59. The van der Waals surface area contributed by atoms with Crippen LogP contribution in [-0.4, -0.2) is 54.2 Å². The Hall–Kier alpha value is -2.04. The van der Waals surface area contributed by atoms with Crippen LogP contribution in [0, 0.1) is 13.8 Å². The fraction of sp³-hybridized carbons (Fsp3) is 0.562. The van der Waals surface area contributed by atoms with Gasteiger partial charge in [0.15, 0.2) is 5.03 Å². The quantitative estimate of drug-likeness (QED) is 0.784. The molecule has 0 radical (unpaired) electrons. The second kappa shape index (κ2) is 7.68. The second-order valence-corrected chi connectivity index (χ2v) is 7.85. The predicted octanol–water partition coefficient (Wildman–Crippen LogP) is 0.625. The van der Waals surface area contributed by atoms with Gasteiger partial charge in [0.25, 0.3) is 10.0 Å². The molecule has 0 aromatic carbocycles. The van der Waals surface area contributed by atoms with Crippen LogP contribution in [0.3, 0.4) is 0 Å². The summed E-state index contributed by atoms with van der Waals surface area (Å²) in [6, 6.07) is 1.78. The molecule has 0 amide bonds. The molecule has 1 aliphatic rings. The number of sulfonamides is 1. The third-order valence-electron chi connectivity index (χ3n) is 4.20. The first-order valence-corrected chi connectivity index (χ1v) is 10.1. The Morgan fingerprint density at radius 2 is 1.92 bits per heavy atom. The van der Waals surface area contributed by atoms with E-state index in [1.54, 1.807) is 23.8 Å². The van der Waals surface area contributed by atoms with Crippen LogP contribution in [0.1, 0.15) is 24.1 Å². The van der Waals surface area contributed by atoms with E-state index in [9.17, 15) is 8.42 Å². The van der Waals surface area contributed by atoms with Crippen molar-refractivity contribution in [2.24, 2.45) is 0 Å². The number of ether oxygens (including phenoxy) is 1. The molecule has 0 aliphatic carbocycles. The summed E-state index contributed by atoms with van der Waals surface area (Å²) in [4.78, 5) is 15.1. The van der Waals surface area contributed by atoms with Crippen LogP contribution in [0.25, 0.3) is 0 Å². The van der Waals surface area contributed by atoms with Gasteiger partial charge in [-0.2, -0.15) is 0 Å². The topological polar surface area (TPSA) is 102 Å². The highest BCUT2D eigenvalue weighted by molar-refractivity contribution is 7.89. The summed E-state index contributed by atoms with van der Waals surface area (Å²) in [5.74, 6) is 1.27. The number of nitrogens with one attached hydrogen (secondary N) is 1. The van der Waals surface area contributed by atoms with Crippen molar-refractivity contribution < 1.29 is 13.2 Å². The summed E-state index contributed by atoms with van der Waals surface area (Å²) in [5, 5.41) is 0.0241. The fourth-order valence-electron chi connectivity index (χ4n) is 2.78. The lowest BCUT2D eigenvalue weighted by Crippen LogP contribution is -2.37. The van der Waals surface area contributed by atoms with Gasteiger partial charge in [0.05, 0.1) is 25.5 Å². The zero-order valence-electron chi connectivity index (χ0n) is 15.3. The van der Waals surface area contributed by atoms with Crippen LogP contribution < -0.4 is 9.62 Å². The molecular formula is C16H24N6O3S. The highest BCUT2D eigenvalue weighted by Gasteiger charge is 2.20. The van der Waals surface area contributed by atoms with Crippen molar-refractivity contribution in [1.82, 2.24) is 24.2 Å². The monoisotopic (exact) mass is 380 g/mol. The van der Waals surface area contributed by atoms with E-state index in [0.29, 0.717) is 37.2 Å². The van der Waals surface area contributed by atoms with E-state index >= 15 is 0 Å². The maximum atomic E-state index is 12.5. The number of rotatable bonds is 6. The van der Waals surface area contributed by atoms with E-state index in [-0.39, 0.29) is 11.6 Å². The van der Waals surface area contributed by atoms with E-state index in [1.165, 1.54) is 0 Å². The molecular weight excluding hydrogens is 356 g/mol. The van der Waals surface area contributed by atoms with Gasteiger partial charge in [0.2, 0.25) is 5.95 Å². The Bertz CT molecular complexity index is 874. The van der Waals surface area contributed by atoms with Gasteiger partial charge < -0.3 is 14.2 Å². The van der Waals surface area contributed by atoms with Crippen molar-refractivity contribution in [3.8, 4) is 0 Å². The Morgan fingerprint density at radius 1 is 1.19 bits per heavy atom. The van der Waals surface area contributed by atoms with Crippen LogP contribution in [-0.2, 0) is 27.8 Å². The molecule has 142 valence electrons. The van der Waals surface area contributed by atoms with Crippen LogP contribution in [0.15, 0.2) is 17.3 Å². The van der Waals surface area contributed by atoms with Crippen LogP contribution in [0.2, 0.25) is 0 Å². The predicted molar refractivity (Wildman–Crippen MR) is 96.5 cm³/mol. The summed E-state index contributed by atoms with van der Waals surface area (Å²) in [5.41, 5.74) is 1.41. The van der Waals surface area contributed by atoms with E-state index in [2.05, 4.69) is 19.7 Å². The number of aromatic nitrogens is 4. The maximum absolute atomic E-state index is 12.5. The summed E-state index contributed by atoms with van der Waals surface area (Å²) in [7, 11) is -3.70. The van der Waals surface area contributed by atoms with Crippen molar-refractivity contribution in [2.45, 2.75) is 38.9 Å². The van der Waals surface area contributed by atoms with Gasteiger partial charge in [-0.15, -0.1) is 0 Å². The van der Waals surface area contributed by atoms with E-state index in [1.807, 2.05) is 18.7 Å². The number of hydrogen-bond donors (Lipinski definition) is 1. The maximum Gasteiger partial charge on any atom is 0.259 e. The highest BCUT2D eigenvalue weighted by Crippen LogP contribution is 2.14. The smallest absolute Gasteiger partial charge is 0.259 e. The molecule has 2 aromatic rings. The summed E-state index contributed by atoms with van der Waals surface area (Å²) in [6.45, 7) is 9.07. The van der Waals surface area contributed by atoms with Crippen molar-refractivity contribution in [2.75, 3.05) is 31.2 Å². The average molecular weight is 380 g/mol. The molecule has 0 bridgehead atoms. The summed E-state index contributed by atoms with van der Waals surface area (Å²) in [6.07, 6.45) is 1.54. The van der Waals surface area contributed by atoms with Gasteiger partial charge in [-0.05, 0) is 26.8 Å². The zero-order valence-corrected chi connectivity index (χ0v) is 16.1. The third-order valence-corrected chi connectivity index (χ3v) is 5.47. The lowest BCUT2D eigenvalue weighted by Gasteiger charge is -2.27. The van der Waals surface area contributed by atoms with Gasteiger partial charge in [-0.25, -0.2) is 28.1 Å². The van der Waals surface area contributed by atoms with Crippen molar-refractivity contribution in [1.29, 1.82) is 0 Å². The molecule has 0 spiro atoms. The molecule has 3 rings (SSSR count). The molecule has 2 aromatic heterocycles. The number of aryl methyl sites for hydroxylation is 3. The lowest BCUT2D eigenvalue weighted by molar-refractivity contribution is 0.122. The molecule has 3 heterocycles. The number of hydrogen-bond acceptors (Lipinski definition) is 7. The summed E-state index contributed by atoms with van der Waals surface area (Å²) >= 11 is 0. The molecule has 1 saturated heterocycles. The van der Waals surface area contributed by atoms with Crippen LogP contribution >= 0.6 is 0 Å². The van der Waals surface area contributed by atoms with Gasteiger partial charge in [-0.1, -0.05) is 0 Å². The van der Waals surface area contributed by atoms with Gasteiger partial charge in [-0.3, -0.25) is 0 Å². The number of morpholine rings is 1. The first-order chi connectivity index (χ1) is 12.4. The molecule has 1 N–H and O–H groups in total. The van der Waals surface area contributed by atoms with Crippen LogP contribution in [0.4, 0.5) is 5.95 Å². The number of anilines is 1. The van der Waals surface area contributed by atoms with Crippen molar-refractivity contribution >= 4 is 16.0 Å². The first kappa shape index (κ1) is 18.7. The van der Waals surface area contributed by atoms with Gasteiger partial charge in [0.1, 0.15) is 5.82 Å². The molecule has 0 unspecified atom stereocenters. The minimum atomic E-state index is -3.70. The highest BCUT2D eigenvalue weighted by atomic mass is 32.2. The van der Waals surface area contributed by atoms with Crippen molar-refractivity contribution in [3.05, 3.63) is 29.5 Å². The standard InChI is InChI=1S/C16H24N6O3S/c1-4-21-11-15(19-13(21)3)26(23,24)17-10-14-9-12(2)18-16(20-14)22-5-7-25-8-6-22/h9,11,17H,4-8,10H2,1-3H3. The molecule has 1 aliphatic heterocycles. The normalized spacial score (nSPS) is 15.4. The minimum absolute atomic E-state index is 0.0241. The largest absolute Gasteiger partial charge is 0.378 e. The summed E-state index contributed by atoms with van der Waals surface area (Å²) < 4.78 is 34.7. The van der Waals surface area contributed by atoms with E-state index < -0.39 is 10.0 Å².